The molecule has 0 aliphatic carbocycles. The van der Waals surface area contributed by atoms with Crippen LogP contribution in [0.25, 0.3) is 0 Å². The van der Waals surface area contributed by atoms with Crippen molar-refractivity contribution in [3.8, 4) is 5.75 Å². The van der Waals surface area contributed by atoms with Crippen LogP contribution in [0.5, 0.6) is 5.75 Å². The Kier molecular flexibility index (Phi) is 6.40. The highest BCUT2D eigenvalue weighted by molar-refractivity contribution is 5.78. The van der Waals surface area contributed by atoms with Crippen LogP contribution in [0.1, 0.15) is 37.8 Å². The Hall–Kier alpha value is -1.51. The first kappa shape index (κ1) is 15.5. The quantitative estimate of drug-likeness (QED) is 0.767. The summed E-state index contributed by atoms with van der Waals surface area (Å²) >= 11 is 0. The minimum Gasteiger partial charge on any atom is -0.492 e. The number of hydrogen-bond acceptors (Lipinski definition) is 2. The van der Waals surface area contributed by atoms with Gasteiger partial charge in [-0.2, -0.15) is 0 Å². The maximum atomic E-state index is 11.8. The first-order valence-corrected chi connectivity index (χ1v) is 7.05. The zero-order valence-corrected chi connectivity index (χ0v) is 12.5. The van der Waals surface area contributed by atoms with Gasteiger partial charge in [-0.1, -0.05) is 19.9 Å². The van der Waals surface area contributed by atoms with Crippen LogP contribution in [-0.4, -0.2) is 19.1 Å². The van der Waals surface area contributed by atoms with E-state index >= 15 is 0 Å². The molecule has 0 heterocycles. The summed E-state index contributed by atoms with van der Waals surface area (Å²) in [5.41, 5.74) is 2.38. The number of ether oxygens (including phenoxy) is 1. The molecule has 1 amide bonds. The number of carbonyl (C=O) groups is 1. The zero-order chi connectivity index (χ0) is 14.3. The molecule has 3 heteroatoms. The molecular formula is C16H25NO2. The van der Waals surface area contributed by atoms with Crippen LogP contribution in [0, 0.1) is 19.8 Å². The molecule has 0 radical (unpaired) electrons. The minimum atomic E-state index is 0.126. The average molecular weight is 263 g/mol. The molecule has 3 nitrogen and oxygen atoms in total. The van der Waals surface area contributed by atoms with Crippen molar-refractivity contribution in [2.45, 2.75) is 40.5 Å². The fourth-order valence-corrected chi connectivity index (χ4v) is 2.16. The van der Waals surface area contributed by atoms with E-state index in [1.807, 2.05) is 26.0 Å². The van der Waals surface area contributed by atoms with Crippen molar-refractivity contribution in [3.63, 3.8) is 0 Å². The average Bonchev–Trinajstić information content (AvgIpc) is 2.35. The molecule has 0 fully saturated rings. The monoisotopic (exact) mass is 263 g/mol. The van der Waals surface area contributed by atoms with Crippen LogP contribution in [-0.2, 0) is 4.79 Å². The summed E-state index contributed by atoms with van der Waals surface area (Å²) in [6.45, 7) is 9.25. The minimum absolute atomic E-state index is 0.126. The highest BCUT2D eigenvalue weighted by Crippen LogP contribution is 2.15. The predicted octanol–water partition coefficient (Wildman–Crippen LogP) is 3.23. The Morgan fingerprint density at radius 3 is 2.26 bits per heavy atom. The normalized spacial score (nSPS) is 10.6. The second-order valence-corrected chi connectivity index (χ2v) is 4.98. The van der Waals surface area contributed by atoms with Crippen molar-refractivity contribution in [2.24, 2.45) is 5.92 Å². The second kappa shape index (κ2) is 7.82. The van der Waals surface area contributed by atoms with Gasteiger partial charge in [0.1, 0.15) is 12.4 Å². The zero-order valence-electron chi connectivity index (χ0n) is 12.5. The van der Waals surface area contributed by atoms with Gasteiger partial charge in [-0.25, -0.2) is 0 Å². The number of hydrogen-bond donors (Lipinski definition) is 1. The van der Waals surface area contributed by atoms with E-state index < -0.39 is 0 Å². The van der Waals surface area contributed by atoms with Gasteiger partial charge in [-0.05, 0) is 49.9 Å². The third-order valence-electron chi connectivity index (χ3n) is 3.22. The lowest BCUT2D eigenvalue weighted by molar-refractivity contribution is -0.125. The Labute approximate surface area is 116 Å². The molecule has 0 spiro atoms. The number of benzene rings is 1. The third-order valence-corrected chi connectivity index (χ3v) is 3.22. The van der Waals surface area contributed by atoms with Gasteiger partial charge < -0.3 is 10.1 Å². The summed E-state index contributed by atoms with van der Waals surface area (Å²) in [4.78, 5) is 11.8. The highest BCUT2D eigenvalue weighted by Gasteiger charge is 2.12. The van der Waals surface area contributed by atoms with Gasteiger partial charge in [-0.15, -0.1) is 0 Å². The molecule has 0 aromatic heterocycles. The van der Waals surface area contributed by atoms with Crippen molar-refractivity contribution in [3.05, 3.63) is 29.3 Å². The van der Waals surface area contributed by atoms with Gasteiger partial charge in [-0.3, -0.25) is 4.79 Å². The summed E-state index contributed by atoms with van der Waals surface area (Å²) in [5, 5.41) is 2.92. The Morgan fingerprint density at radius 2 is 1.74 bits per heavy atom. The molecule has 0 saturated heterocycles. The molecule has 106 valence electrons. The van der Waals surface area contributed by atoms with E-state index in [0.717, 1.165) is 18.6 Å². The van der Waals surface area contributed by atoms with E-state index in [1.165, 1.54) is 11.1 Å². The summed E-state index contributed by atoms with van der Waals surface area (Å²) in [6, 6.07) is 6.13. The lowest BCUT2D eigenvalue weighted by Crippen LogP contribution is -2.33. The van der Waals surface area contributed by atoms with Crippen LogP contribution < -0.4 is 10.1 Å². The van der Waals surface area contributed by atoms with E-state index in [9.17, 15) is 4.79 Å². The van der Waals surface area contributed by atoms with E-state index in [0.29, 0.717) is 13.2 Å². The van der Waals surface area contributed by atoms with Crippen LogP contribution >= 0.6 is 0 Å². The van der Waals surface area contributed by atoms with Gasteiger partial charge in [0.05, 0.1) is 6.54 Å². The molecule has 0 atom stereocenters. The van der Waals surface area contributed by atoms with E-state index in [1.54, 1.807) is 0 Å². The van der Waals surface area contributed by atoms with Crippen LogP contribution in [0.15, 0.2) is 18.2 Å². The molecular weight excluding hydrogens is 238 g/mol. The van der Waals surface area contributed by atoms with E-state index in [4.69, 9.17) is 4.74 Å². The summed E-state index contributed by atoms with van der Waals surface area (Å²) < 4.78 is 5.65. The predicted molar refractivity (Wildman–Crippen MR) is 78.5 cm³/mol. The van der Waals surface area contributed by atoms with E-state index in [-0.39, 0.29) is 11.8 Å². The van der Waals surface area contributed by atoms with Crippen LogP contribution in [0.2, 0.25) is 0 Å². The summed E-state index contributed by atoms with van der Waals surface area (Å²) in [7, 11) is 0. The molecule has 1 rings (SSSR count). The Bertz CT molecular complexity index is 391. The smallest absolute Gasteiger partial charge is 0.223 e. The lowest BCUT2D eigenvalue weighted by atomic mass is 10.0. The fourth-order valence-electron chi connectivity index (χ4n) is 2.16. The lowest BCUT2D eigenvalue weighted by Gasteiger charge is -2.13. The van der Waals surface area contributed by atoms with E-state index in [2.05, 4.69) is 25.2 Å². The van der Waals surface area contributed by atoms with Crippen molar-refractivity contribution < 1.29 is 9.53 Å². The molecule has 0 aliphatic heterocycles. The number of nitrogens with one attached hydrogen (secondary N) is 1. The number of amides is 1. The second-order valence-electron chi connectivity index (χ2n) is 4.98. The first-order valence-electron chi connectivity index (χ1n) is 7.05. The van der Waals surface area contributed by atoms with Crippen molar-refractivity contribution in [1.29, 1.82) is 0 Å². The van der Waals surface area contributed by atoms with Crippen molar-refractivity contribution in [2.75, 3.05) is 13.2 Å². The van der Waals surface area contributed by atoms with Gasteiger partial charge in [0.25, 0.3) is 0 Å². The maximum Gasteiger partial charge on any atom is 0.223 e. The molecule has 0 aliphatic rings. The maximum absolute atomic E-state index is 11.8. The van der Waals surface area contributed by atoms with Crippen molar-refractivity contribution >= 4 is 5.91 Å². The van der Waals surface area contributed by atoms with Gasteiger partial charge in [0.2, 0.25) is 5.91 Å². The first-order chi connectivity index (χ1) is 9.06. The van der Waals surface area contributed by atoms with Gasteiger partial charge in [0, 0.05) is 5.92 Å². The highest BCUT2D eigenvalue weighted by atomic mass is 16.5. The third kappa shape index (κ3) is 5.33. The topological polar surface area (TPSA) is 38.3 Å². The van der Waals surface area contributed by atoms with Crippen molar-refractivity contribution in [1.82, 2.24) is 5.32 Å². The Morgan fingerprint density at radius 1 is 1.16 bits per heavy atom. The molecule has 1 aromatic carbocycles. The summed E-state index contributed by atoms with van der Waals surface area (Å²) in [6.07, 6.45) is 1.78. The largest absolute Gasteiger partial charge is 0.492 e. The fraction of sp³-hybridized carbons (Fsp3) is 0.562. The molecule has 1 N–H and O–H groups in total. The summed E-state index contributed by atoms with van der Waals surface area (Å²) in [5.74, 6) is 1.13. The van der Waals surface area contributed by atoms with Gasteiger partial charge in [0.15, 0.2) is 0 Å². The molecule has 1 aromatic rings. The number of aryl methyl sites for hydroxylation is 2. The number of rotatable bonds is 7. The molecule has 0 saturated carbocycles. The molecule has 0 unspecified atom stereocenters. The molecule has 0 bridgehead atoms. The number of carbonyl (C=O) groups excluding carboxylic acids is 1. The SMILES string of the molecule is CCC(CC)C(=O)NCCOc1cc(C)cc(C)c1. The van der Waals surface area contributed by atoms with Gasteiger partial charge >= 0.3 is 0 Å². The van der Waals surface area contributed by atoms with Crippen LogP contribution in [0.3, 0.4) is 0 Å². The Balaban J connectivity index is 2.32. The standard InChI is InChI=1S/C16H25NO2/c1-5-14(6-2)16(18)17-7-8-19-15-10-12(3)9-13(4)11-15/h9-11,14H,5-8H2,1-4H3,(H,17,18). The van der Waals surface area contributed by atoms with Crippen LogP contribution in [0.4, 0.5) is 0 Å². The molecule has 19 heavy (non-hydrogen) atoms.